The fourth-order valence-electron chi connectivity index (χ4n) is 2.76. The van der Waals surface area contributed by atoms with Crippen LogP contribution in [0.25, 0.3) is 0 Å². The first-order chi connectivity index (χ1) is 7.49. The fraction of sp³-hybridized carbons (Fsp3) is 0.917. The third-order valence-electron chi connectivity index (χ3n) is 3.96. The van der Waals surface area contributed by atoms with Crippen molar-refractivity contribution in [3.8, 4) is 0 Å². The van der Waals surface area contributed by atoms with E-state index in [2.05, 4.69) is 18.7 Å². The molecule has 2 aliphatic rings. The highest BCUT2D eigenvalue weighted by Crippen LogP contribution is 2.40. The van der Waals surface area contributed by atoms with Crippen LogP contribution in [-0.4, -0.2) is 46.6 Å². The van der Waals surface area contributed by atoms with Crippen molar-refractivity contribution in [3.05, 3.63) is 0 Å². The second-order valence-electron chi connectivity index (χ2n) is 5.75. The predicted octanol–water partition coefficient (Wildman–Crippen LogP) is 1.92. The lowest BCUT2D eigenvalue weighted by molar-refractivity contribution is -0.140. The number of carbonyl (C=O) groups is 1. The molecule has 3 nitrogen and oxygen atoms in total. The molecule has 16 heavy (non-hydrogen) atoms. The van der Waals surface area contributed by atoms with Gasteiger partial charge in [-0.15, -0.1) is 0 Å². The van der Waals surface area contributed by atoms with Crippen molar-refractivity contribution in [3.63, 3.8) is 0 Å². The number of hydrogen-bond donors (Lipinski definition) is 1. The molecule has 2 aliphatic heterocycles. The zero-order valence-corrected chi connectivity index (χ0v) is 10.9. The molecule has 4 heteroatoms. The van der Waals surface area contributed by atoms with Gasteiger partial charge in [0.05, 0.1) is 6.42 Å². The summed E-state index contributed by atoms with van der Waals surface area (Å²) in [7, 11) is 0. The molecule has 2 rings (SSSR count). The van der Waals surface area contributed by atoms with Gasteiger partial charge in [-0.2, -0.15) is 11.8 Å². The van der Waals surface area contributed by atoms with Crippen LogP contribution >= 0.6 is 11.8 Å². The van der Waals surface area contributed by atoms with Crippen LogP contribution < -0.4 is 0 Å². The normalized spacial score (nSPS) is 31.0. The van der Waals surface area contributed by atoms with Gasteiger partial charge in [0.25, 0.3) is 0 Å². The summed E-state index contributed by atoms with van der Waals surface area (Å²) in [6.07, 6.45) is 1.62. The number of aliphatic carboxylic acids is 1. The van der Waals surface area contributed by atoms with E-state index in [1.165, 1.54) is 17.9 Å². The van der Waals surface area contributed by atoms with Crippen LogP contribution in [0.15, 0.2) is 0 Å². The highest BCUT2D eigenvalue weighted by molar-refractivity contribution is 7.99. The minimum absolute atomic E-state index is 0.344. The molecule has 2 fully saturated rings. The van der Waals surface area contributed by atoms with Crippen LogP contribution in [0.5, 0.6) is 0 Å². The second kappa shape index (κ2) is 4.57. The molecule has 0 aliphatic carbocycles. The van der Waals surface area contributed by atoms with E-state index in [1.54, 1.807) is 0 Å². The summed E-state index contributed by atoms with van der Waals surface area (Å²) < 4.78 is 0. The van der Waals surface area contributed by atoms with Gasteiger partial charge in [0.15, 0.2) is 0 Å². The molecule has 0 amide bonds. The largest absolute Gasteiger partial charge is 0.481 e. The number of hydrogen-bond acceptors (Lipinski definition) is 3. The Bertz CT molecular complexity index is 274. The number of likely N-dealkylation sites (tertiary alicyclic amines) is 1. The maximum Gasteiger partial charge on any atom is 0.303 e. The van der Waals surface area contributed by atoms with Crippen LogP contribution in [0.1, 0.15) is 26.7 Å². The summed E-state index contributed by atoms with van der Waals surface area (Å²) in [5, 5.41) is 8.73. The van der Waals surface area contributed by atoms with Crippen LogP contribution in [0.4, 0.5) is 0 Å². The summed E-state index contributed by atoms with van der Waals surface area (Å²) >= 11 is 2.04. The Kier molecular flexibility index (Phi) is 3.50. The third-order valence-corrected chi connectivity index (χ3v) is 5.00. The number of thioether (sulfide) groups is 1. The van der Waals surface area contributed by atoms with Gasteiger partial charge >= 0.3 is 5.97 Å². The molecular formula is C12H21NO2S. The van der Waals surface area contributed by atoms with Crippen molar-refractivity contribution in [1.29, 1.82) is 0 Å². The first-order valence-electron chi connectivity index (χ1n) is 6.02. The molecule has 0 aromatic heterocycles. The minimum Gasteiger partial charge on any atom is -0.481 e. The first kappa shape index (κ1) is 12.2. The molecular weight excluding hydrogens is 222 g/mol. The molecule has 1 atom stereocenters. The van der Waals surface area contributed by atoms with Crippen molar-refractivity contribution in [2.24, 2.45) is 11.3 Å². The summed E-state index contributed by atoms with van der Waals surface area (Å²) in [5.74, 6) is 2.23. The molecule has 0 saturated carbocycles. The number of carboxylic acids is 1. The average molecular weight is 243 g/mol. The lowest BCUT2D eigenvalue weighted by Crippen LogP contribution is -2.59. The molecule has 0 spiro atoms. The first-order valence-corrected chi connectivity index (χ1v) is 7.18. The smallest absolute Gasteiger partial charge is 0.303 e. The molecule has 0 bridgehead atoms. The third kappa shape index (κ3) is 2.54. The summed E-state index contributed by atoms with van der Waals surface area (Å²) in [4.78, 5) is 13.1. The molecule has 2 saturated heterocycles. The number of carboxylic acid groups (broad SMARTS) is 1. The highest BCUT2D eigenvalue weighted by Gasteiger charge is 2.42. The topological polar surface area (TPSA) is 40.5 Å². The quantitative estimate of drug-likeness (QED) is 0.822. The summed E-state index contributed by atoms with van der Waals surface area (Å²) in [6.45, 7) is 6.67. The van der Waals surface area contributed by atoms with E-state index in [9.17, 15) is 4.79 Å². The molecule has 1 N–H and O–H groups in total. The Morgan fingerprint density at radius 3 is 2.75 bits per heavy atom. The Labute approximate surface area is 102 Å². The van der Waals surface area contributed by atoms with E-state index in [0.717, 1.165) is 13.1 Å². The molecule has 0 aromatic rings. The van der Waals surface area contributed by atoms with Crippen molar-refractivity contribution in [2.45, 2.75) is 32.7 Å². The van der Waals surface area contributed by atoms with E-state index in [-0.39, 0.29) is 0 Å². The Morgan fingerprint density at radius 2 is 2.19 bits per heavy atom. The van der Waals surface area contributed by atoms with E-state index < -0.39 is 5.97 Å². The molecule has 92 valence electrons. The monoisotopic (exact) mass is 243 g/mol. The van der Waals surface area contributed by atoms with Gasteiger partial charge in [0.1, 0.15) is 0 Å². The van der Waals surface area contributed by atoms with Gasteiger partial charge in [0, 0.05) is 24.9 Å². The highest BCUT2D eigenvalue weighted by atomic mass is 32.2. The van der Waals surface area contributed by atoms with Crippen molar-refractivity contribution in [2.75, 3.05) is 24.6 Å². The molecule has 1 unspecified atom stereocenters. The van der Waals surface area contributed by atoms with Gasteiger partial charge in [-0.3, -0.25) is 9.69 Å². The van der Waals surface area contributed by atoms with Crippen molar-refractivity contribution >= 4 is 17.7 Å². The van der Waals surface area contributed by atoms with Gasteiger partial charge < -0.3 is 5.11 Å². The van der Waals surface area contributed by atoms with E-state index >= 15 is 0 Å². The van der Waals surface area contributed by atoms with Crippen molar-refractivity contribution < 1.29 is 9.90 Å². The zero-order valence-electron chi connectivity index (χ0n) is 10.1. The SMILES string of the molecule is CC1(C)CCSCC1N1CC(CC(=O)O)C1. The lowest BCUT2D eigenvalue weighted by Gasteiger charge is -2.51. The fourth-order valence-corrected chi connectivity index (χ4v) is 4.48. The van der Waals surface area contributed by atoms with Gasteiger partial charge in [-0.1, -0.05) is 13.8 Å². The summed E-state index contributed by atoms with van der Waals surface area (Å²) in [6, 6.07) is 0.649. The Balaban J connectivity index is 1.84. The van der Waals surface area contributed by atoms with Gasteiger partial charge in [-0.05, 0) is 23.5 Å². The number of rotatable bonds is 3. The van der Waals surface area contributed by atoms with Gasteiger partial charge in [-0.25, -0.2) is 0 Å². The predicted molar refractivity (Wildman–Crippen MR) is 66.8 cm³/mol. The molecule has 2 heterocycles. The number of nitrogens with zero attached hydrogens (tertiary/aromatic N) is 1. The summed E-state index contributed by atoms with van der Waals surface area (Å²) in [5.41, 5.74) is 0.402. The van der Waals surface area contributed by atoms with E-state index in [1.807, 2.05) is 11.8 Å². The van der Waals surface area contributed by atoms with Crippen LogP contribution in [0.3, 0.4) is 0 Å². The minimum atomic E-state index is -0.651. The van der Waals surface area contributed by atoms with E-state index in [4.69, 9.17) is 5.11 Å². The van der Waals surface area contributed by atoms with Crippen LogP contribution in [0.2, 0.25) is 0 Å². The van der Waals surface area contributed by atoms with E-state index in [0.29, 0.717) is 23.8 Å². The van der Waals surface area contributed by atoms with Gasteiger partial charge in [0.2, 0.25) is 0 Å². The molecule has 0 aromatic carbocycles. The molecule has 0 radical (unpaired) electrons. The average Bonchev–Trinajstić information content (AvgIpc) is 2.11. The van der Waals surface area contributed by atoms with Crippen LogP contribution in [0, 0.1) is 11.3 Å². The Morgan fingerprint density at radius 1 is 1.50 bits per heavy atom. The van der Waals surface area contributed by atoms with Crippen LogP contribution in [-0.2, 0) is 4.79 Å². The maximum absolute atomic E-state index is 10.6. The van der Waals surface area contributed by atoms with Crippen molar-refractivity contribution in [1.82, 2.24) is 4.90 Å². The zero-order chi connectivity index (χ0) is 11.8. The Hall–Kier alpha value is -0.220. The second-order valence-corrected chi connectivity index (χ2v) is 6.90. The maximum atomic E-state index is 10.6. The lowest BCUT2D eigenvalue weighted by atomic mass is 9.79. The standard InChI is InChI=1S/C12H21NO2S/c1-12(2)3-4-16-8-10(12)13-6-9(7-13)5-11(14)15/h9-10H,3-8H2,1-2H3,(H,14,15).